The Bertz CT molecular complexity index is 1230. The van der Waals surface area contributed by atoms with E-state index in [2.05, 4.69) is 10.5 Å². The van der Waals surface area contributed by atoms with Crippen LogP contribution in [0.15, 0.2) is 59.7 Å². The Morgan fingerprint density at radius 2 is 1.53 bits per heavy atom. The highest BCUT2D eigenvalue weighted by molar-refractivity contribution is 5.93. The van der Waals surface area contributed by atoms with Gasteiger partial charge in [0.05, 0.1) is 33.1 Å². The molecule has 1 amide bonds. The fourth-order valence-electron chi connectivity index (χ4n) is 3.30. The molecule has 0 aliphatic rings. The lowest BCUT2D eigenvalue weighted by atomic mass is 10.1. The van der Waals surface area contributed by atoms with Crippen LogP contribution in [0.3, 0.4) is 0 Å². The van der Waals surface area contributed by atoms with Crippen LogP contribution in [0.4, 0.5) is 0 Å². The van der Waals surface area contributed by atoms with Crippen LogP contribution in [0, 0.1) is 13.8 Å². The summed E-state index contributed by atoms with van der Waals surface area (Å²) in [6, 6.07) is 15.4. The summed E-state index contributed by atoms with van der Waals surface area (Å²) in [4.78, 5) is 24.6. The first-order chi connectivity index (χ1) is 17.3. The largest absolute Gasteiger partial charge is 0.493 e. The third-order valence-electron chi connectivity index (χ3n) is 5.08. The SMILES string of the molecule is COc1cc(C(=O)Oc2ccc(/C=N/NC(=O)COc3ccc(C)cc3C)cc2)cc(OC)c1OC. The predicted octanol–water partition coefficient (Wildman–Crippen LogP) is 4.08. The average molecular weight is 493 g/mol. The Hall–Kier alpha value is -4.53. The molecule has 0 heterocycles. The average Bonchev–Trinajstić information content (AvgIpc) is 2.88. The summed E-state index contributed by atoms with van der Waals surface area (Å²) in [6.07, 6.45) is 1.47. The summed E-state index contributed by atoms with van der Waals surface area (Å²) in [5, 5.41) is 3.93. The van der Waals surface area contributed by atoms with E-state index in [0.717, 1.165) is 11.1 Å². The summed E-state index contributed by atoms with van der Waals surface area (Å²) in [5.74, 6) is 1.07. The van der Waals surface area contributed by atoms with E-state index in [9.17, 15) is 9.59 Å². The number of hydrazone groups is 1. The van der Waals surface area contributed by atoms with Crippen molar-refractivity contribution in [1.29, 1.82) is 0 Å². The van der Waals surface area contributed by atoms with Crippen LogP contribution in [-0.2, 0) is 4.79 Å². The van der Waals surface area contributed by atoms with Gasteiger partial charge < -0.3 is 23.7 Å². The van der Waals surface area contributed by atoms with Gasteiger partial charge in [-0.15, -0.1) is 0 Å². The number of amides is 1. The van der Waals surface area contributed by atoms with Gasteiger partial charge in [-0.25, -0.2) is 10.2 Å². The number of benzene rings is 3. The number of carbonyl (C=O) groups excluding carboxylic acids is 2. The van der Waals surface area contributed by atoms with Gasteiger partial charge in [0.15, 0.2) is 18.1 Å². The van der Waals surface area contributed by atoms with Gasteiger partial charge in [-0.1, -0.05) is 17.7 Å². The van der Waals surface area contributed by atoms with Gasteiger partial charge in [0.1, 0.15) is 11.5 Å². The van der Waals surface area contributed by atoms with E-state index in [0.29, 0.717) is 34.3 Å². The van der Waals surface area contributed by atoms with Gasteiger partial charge >= 0.3 is 5.97 Å². The molecule has 3 aromatic carbocycles. The number of rotatable bonds is 10. The van der Waals surface area contributed by atoms with Crippen molar-refractivity contribution in [1.82, 2.24) is 5.43 Å². The maximum atomic E-state index is 12.6. The van der Waals surface area contributed by atoms with Crippen molar-refractivity contribution in [3.8, 4) is 28.7 Å². The molecule has 0 bridgehead atoms. The summed E-state index contributed by atoms with van der Waals surface area (Å²) < 4.78 is 26.8. The number of esters is 1. The minimum absolute atomic E-state index is 0.156. The topological polar surface area (TPSA) is 105 Å². The van der Waals surface area contributed by atoms with Gasteiger partial charge in [-0.3, -0.25) is 4.79 Å². The molecule has 0 unspecified atom stereocenters. The van der Waals surface area contributed by atoms with Crippen molar-refractivity contribution in [3.63, 3.8) is 0 Å². The minimum atomic E-state index is -0.591. The van der Waals surface area contributed by atoms with E-state index in [4.69, 9.17) is 23.7 Å². The monoisotopic (exact) mass is 492 g/mol. The van der Waals surface area contributed by atoms with E-state index < -0.39 is 5.97 Å². The quantitative estimate of drug-likeness (QED) is 0.197. The number of ether oxygens (including phenoxy) is 5. The standard InChI is InChI=1S/C27H28N2O7/c1-17-6-11-22(18(2)12-17)35-16-25(30)29-28-15-19-7-9-21(10-8-19)36-27(31)20-13-23(32-3)26(34-5)24(14-20)33-4/h6-15H,16H2,1-5H3,(H,29,30)/b28-15+. The van der Waals surface area contributed by atoms with Gasteiger partial charge in [0.2, 0.25) is 5.75 Å². The zero-order chi connectivity index (χ0) is 26.1. The number of methoxy groups -OCH3 is 3. The highest BCUT2D eigenvalue weighted by atomic mass is 16.5. The van der Waals surface area contributed by atoms with Crippen molar-refractivity contribution in [2.75, 3.05) is 27.9 Å². The van der Waals surface area contributed by atoms with E-state index >= 15 is 0 Å². The molecule has 0 aliphatic carbocycles. The van der Waals surface area contributed by atoms with E-state index in [-0.39, 0.29) is 18.1 Å². The highest BCUT2D eigenvalue weighted by Crippen LogP contribution is 2.38. The van der Waals surface area contributed by atoms with Crippen molar-refractivity contribution in [2.45, 2.75) is 13.8 Å². The maximum absolute atomic E-state index is 12.6. The summed E-state index contributed by atoms with van der Waals surface area (Å²) >= 11 is 0. The number of hydrogen-bond acceptors (Lipinski definition) is 8. The van der Waals surface area contributed by atoms with E-state index in [1.54, 1.807) is 24.3 Å². The Morgan fingerprint density at radius 3 is 2.11 bits per heavy atom. The van der Waals surface area contributed by atoms with Crippen LogP contribution >= 0.6 is 0 Å². The van der Waals surface area contributed by atoms with Crippen LogP contribution in [0.25, 0.3) is 0 Å². The molecular weight excluding hydrogens is 464 g/mol. The molecule has 0 aromatic heterocycles. The van der Waals surface area contributed by atoms with Crippen LogP contribution < -0.4 is 29.1 Å². The fraction of sp³-hybridized carbons (Fsp3) is 0.222. The molecule has 3 aromatic rings. The zero-order valence-electron chi connectivity index (χ0n) is 20.8. The molecule has 0 atom stereocenters. The van der Waals surface area contributed by atoms with Gasteiger partial charge in [0.25, 0.3) is 5.91 Å². The van der Waals surface area contributed by atoms with Gasteiger partial charge in [-0.05, 0) is 67.4 Å². The molecule has 0 spiro atoms. The maximum Gasteiger partial charge on any atom is 0.343 e. The molecule has 36 heavy (non-hydrogen) atoms. The second-order valence-electron chi connectivity index (χ2n) is 7.72. The number of nitrogens with zero attached hydrogens (tertiary/aromatic N) is 1. The normalized spacial score (nSPS) is 10.6. The second kappa shape index (κ2) is 12.3. The van der Waals surface area contributed by atoms with Crippen molar-refractivity contribution in [2.24, 2.45) is 5.10 Å². The molecule has 9 nitrogen and oxygen atoms in total. The smallest absolute Gasteiger partial charge is 0.343 e. The number of carbonyl (C=O) groups is 2. The Morgan fingerprint density at radius 1 is 0.861 bits per heavy atom. The minimum Gasteiger partial charge on any atom is -0.493 e. The predicted molar refractivity (Wildman–Crippen MR) is 135 cm³/mol. The molecule has 0 saturated heterocycles. The first-order valence-corrected chi connectivity index (χ1v) is 11.0. The molecule has 0 fully saturated rings. The van der Waals surface area contributed by atoms with E-state index in [1.807, 2.05) is 32.0 Å². The molecule has 0 radical (unpaired) electrons. The molecule has 9 heteroatoms. The molecule has 0 saturated carbocycles. The van der Waals surface area contributed by atoms with Crippen LogP contribution in [0.2, 0.25) is 0 Å². The number of aryl methyl sites for hydroxylation is 2. The van der Waals surface area contributed by atoms with E-state index in [1.165, 1.54) is 39.7 Å². The van der Waals surface area contributed by atoms with Crippen molar-refractivity contribution < 1.29 is 33.3 Å². The highest BCUT2D eigenvalue weighted by Gasteiger charge is 2.18. The number of hydrogen-bond donors (Lipinski definition) is 1. The lowest BCUT2D eigenvalue weighted by molar-refractivity contribution is -0.123. The Kier molecular flexibility index (Phi) is 8.88. The van der Waals surface area contributed by atoms with Crippen molar-refractivity contribution >= 4 is 18.1 Å². The third-order valence-corrected chi connectivity index (χ3v) is 5.08. The van der Waals surface area contributed by atoms with Crippen LogP contribution in [0.5, 0.6) is 28.7 Å². The zero-order valence-corrected chi connectivity index (χ0v) is 20.8. The molecular formula is C27H28N2O7. The Balaban J connectivity index is 1.54. The third kappa shape index (κ3) is 6.75. The fourth-order valence-corrected chi connectivity index (χ4v) is 3.30. The summed E-state index contributed by atoms with van der Waals surface area (Å²) in [7, 11) is 4.41. The Labute approximate surface area is 209 Å². The first kappa shape index (κ1) is 26.1. The van der Waals surface area contributed by atoms with Crippen LogP contribution in [0.1, 0.15) is 27.0 Å². The summed E-state index contributed by atoms with van der Waals surface area (Å²) in [5.41, 5.74) is 5.42. The molecule has 3 rings (SSSR count). The second-order valence-corrected chi connectivity index (χ2v) is 7.72. The molecule has 1 N–H and O–H groups in total. The first-order valence-electron chi connectivity index (χ1n) is 11.0. The van der Waals surface area contributed by atoms with Gasteiger partial charge in [0, 0.05) is 0 Å². The number of nitrogens with one attached hydrogen (secondary N) is 1. The lowest BCUT2D eigenvalue weighted by Gasteiger charge is -2.13. The lowest BCUT2D eigenvalue weighted by Crippen LogP contribution is -2.24. The summed E-state index contributed by atoms with van der Waals surface area (Å²) in [6.45, 7) is 3.76. The molecule has 0 aliphatic heterocycles. The van der Waals surface area contributed by atoms with Crippen LogP contribution in [-0.4, -0.2) is 46.0 Å². The van der Waals surface area contributed by atoms with Crippen molar-refractivity contribution in [3.05, 3.63) is 76.9 Å². The molecule has 188 valence electrons. The van der Waals surface area contributed by atoms with Gasteiger partial charge in [-0.2, -0.15) is 5.10 Å².